The summed E-state index contributed by atoms with van der Waals surface area (Å²) in [6.07, 6.45) is 0.959. The van der Waals surface area contributed by atoms with Crippen molar-refractivity contribution in [3.8, 4) is 0 Å². The minimum atomic E-state index is -3.63. The van der Waals surface area contributed by atoms with Crippen molar-refractivity contribution in [2.75, 3.05) is 5.73 Å². The van der Waals surface area contributed by atoms with Crippen LogP contribution in [0, 0.1) is 0 Å². The van der Waals surface area contributed by atoms with Gasteiger partial charge in [0.25, 0.3) is 0 Å². The van der Waals surface area contributed by atoms with Crippen molar-refractivity contribution >= 4 is 15.7 Å². The normalized spacial score (nSPS) is 13.0. The second-order valence-electron chi connectivity index (χ2n) is 4.98. The van der Waals surface area contributed by atoms with Gasteiger partial charge < -0.3 is 5.73 Å². The minimum absolute atomic E-state index is 0.113. The zero-order chi connectivity index (χ0) is 15.5. The number of hydrogen-bond acceptors (Lipinski definition) is 3. The fourth-order valence-electron chi connectivity index (χ4n) is 2.13. The van der Waals surface area contributed by atoms with Crippen LogP contribution >= 0.6 is 0 Å². The molecule has 0 saturated carbocycles. The summed E-state index contributed by atoms with van der Waals surface area (Å²) in [5.74, 6) is 0. The van der Waals surface area contributed by atoms with Gasteiger partial charge in [0.15, 0.2) is 0 Å². The molecule has 112 valence electrons. The first-order valence-corrected chi connectivity index (χ1v) is 8.38. The topological polar surface area (TPSA) is 72.2 Å². The van der Waals surface area contributed by atoms with Gasteiger partial charge in [-0.3, -0.25) is 0 Å². The molecule has 0 spiro atoms. The Labute approximate surface area is 126 Å². The van der Waals surface area contributed by atoms with Crippen molar-refractivity contribution in [1.29, 1.82) is 0 Å². The first-order chi connectivity index (χ1) is 9.94. The Morgan fingerprint density at radius 2 is 1.71 bits per heavy atom. The van der Waals surface area contributed by atoms with E-state index >= 15 is 0 Å². The number of para-hydroxylation sites is 1. The van der Waals surface area contributed by atoms with Gasteiger partial charge in [0, 0.05) is 6.04 Å². The van der Waals surface area contributed by atoms with Crippen LogP contribution < -0.4 is 10.5 Å². The van der Waals surface area contributed by atoms with E-state index in [4.69, 9.17) is 5.73 Å². The molecule has 2 aromatic rings. The van der Waals surface area contributed by atoms with Crippen molar-refractivity contribution in [2.45, 2.75) is 31.2 Å². The van der Waals surface area contributed by atoms with Crippen molar-refractivity contribution in [1.82, 2.24) is 4.72 Å². The summed E-state index contributed by atoms with van der Waals surface area (Å²) in [4.78, 5) is 0.113. The smallest absolute Gasteiger partial charge is 0.243 e. The van der Waals surface area contributed by atoms with Gasteiger partial charge in [0.05, 0.1) is 5.69 Å². The molecule has 0 aliphatic carbocycles. The summed E-state index contributed by atoms with van der Waals surface area (Å²) < 4.78 is 27.4. The molecule has 0 bridgehead atoms. The third-order valence-corrected chi connectivity index (χ3v) is 5.04. The van der Waals surface area contributed by atoms with Crippen molar-refractivity contribution < 1.29 is 8.42 Å². The minimum Gasteiger partial charge on any atom is -0.398 e. The average molecular weight is 304 g/mol. The Bertz CT molecular complexity index is 709. The number of rotatable bonds is 5. The molecule has 0 fully saturated rings. The number of nitrogens with one attached hydrogen (secondary N) is 1. The standard InChI is InChI=1S/C16H20N2O2S/c1-3-13-8-10-14(11-9-13)12(2)18-21(19,20)16-7-5-4-6-15(16)17/h4-12,18H,3,17H2,1-2H3. The Kier molecular flexibility index (Phi) is 4.65. The van der Waals surface area contributed by atoms with Crippen LogP contribution in [0.5, 0.6) is 0 Å². The molecule has 3 N–H and O–H groups in total. The molecule has 1 atom stereocenters. The predicted molar refractivity (Wildman–Crippen MR) is 85.4 cm³/mol. The summed E-state index contributed by atoms with van der Waals surface area (Å²) in [5.41, 5.74) is 8.13. The lowest BCUT2D eigenvalue weighted by Gasteiger charge is -2.16. The van der Waals surface area contributed by atoms with Gasteiger partial charge in [-0.05, 0) is 36.6 Å². The van der Waals surface area contributed by atoms with Crippen LogP contribution in [0.3, 0.4) is 0 Å². The van der Waals surface area contributed by atoms with Crippen molar-refractivity contribution in [3.05, 3.63) is 59.7 Å². The maximum absolute atomic E-state index is 12.4. The molecule has 0 aromatic heterocycles. The van der Waals surface area contributed by atoms with Crippen LogP contribution in [-0.4, -0.2) is 8.42 Å². The molecule has 0 aliphatic rings. The largest absolute Gasteiger partial charge is 0.398 e. The van der Waals surface area contributed by atoms with E-state index in [0.29, 0.717) is 0 Å². The number of nitrogens with two attached hydrogens (primary N) is 1. The molecule has 1 unspecified atom stereocenters. The van der Waals surface area contributed by atoms with E-state index in [-0.39, 0.29) is 16.6 Å². The van der Waals surface area contributed by atoms with Crippen LogP contribution in [0.2, 0.25) is 0 Å². The zero-order valence-corrected chi connectivity index (χ0v) is 13.0. The van der Waals surface area contributed by atoms with Crippen LogP contribution in [0.1, 0.15) is 31.0 Å². The Hall–Kier alpha value is -1.85. The number of sulfonamides is 1. The van der Waals surface area contributed by atoms with Gasteiger partial charge >= 0.3 is 0 Å². The summed E-state index contributed by atoms with van der Waals surface area (Å²) in [5, 5.41) is 0. The Morgan fingerprint density at radius 3 is 2.29 bits per heavy atom. The lowest BCUT2D eigenvalue weighted by molar-refractivity contribution is 0.567. The van der Waals surface area contributed by atoms with Gasteiger partial charge in [-0.2, -0.15) is 0 Å². The average Bonchev–Trinajstić information content (AvgIpc) is 2.47. The van der Waals surface area contributed by atoms with Crippen molar-refractivity contribution in [3.63, 3.8) is 0 Å². The maximum atomic E-state index is 12.4. The third-order valence-electron chi connectivity index (χ3n) is 3.43. The highest BCUT2D eigenvalue weighted by molar-refractivity contribution is 7.89. The number of hydrogen-bond donors (Lipinski definition) is 2. The molecule has 21 heavy (non-hydrogen) atoms. The molecular weight excluding hydrogens is 284 g/mol. The van der Waals surface area contributed by atoms with E-state index < -0.39 is 10.0 Å². The highest BCUT2D eigenvalue weighted by atomic mass is 32.2. The van der Waals surface area contributed by atoms with E-state index in [1.165, 1.54) is 11.6 Å². The lowest BCUT2D eigenvalue weighted by atomic mass is 10.1. The summed E-state index contributed by atoms with van der Waals surface area (Å²) in [6, 6.07) is 14.0. The van der Waals surface area contributed by atoms with Gasteiger partial charge in [0.1, 0.15) is 4.90 Å². The van der Waals surface area contributed by atoms with E-state index in [1.807, 2.05) is 31.2 Å². The summed E-state index contributed by atoms with van der Waals surface area (Å²) in [6.45, 7) is 3.90. The molecule has 0 amide bonds. The molecule has 0 saturated heterocycles. The number of nitrogen functional groups attached to an aromatic ring is 1. The maximum Gasteiger partial charge on any atom is 0.243 e. The van der Waals surface area contributed by atoms with Crippen molar-refractivity contribution in [2.24, 2.45) is 0 Å². The third kappa shape index (κ3) is 3.62. The molecule has 0 radical (unpaired) electrons. The van der Waals surface area contributed by atoms with Crippen LogP contribution in [0.4, 0.5) is 5.69 Å². The quantitative estimate of drug-likeness (QED) is 0.834. The summed E-state index contributed by atoms with van der Waals surface area (Å²) in [7, 11) is -3.63. The monoisotopic (exact) mass is 304 g/mol. The highest BCUT2D eigenvalue weighted by Gasteiger charge is 2.20. The fourth-order valence-corrected chi connectivity index (χ4v) is 3.50. The number of benzene rings is 2. The lowest BCUT2D eigenvalue weighted by Crippen LogP contribution is -2.27. The van der Waals surface area contributed by atoms with Crippen LogP contribution in [0.25, 0.3) is 0 Å². The van der Waals surface area contributed by atoms with Crippen LogP contribution in [-0.2, 0) is 16.4 Å². The fraction of sp³-hybridized carbons (Fsp3) is 0.250. The predicted octanol–water partition coefficient (Wildman–Crippen LogP) is 2.87. The molecule has 5 heteroatoms. The Balaban J connectivity index is 2.21. The molecular formula is C16H20N2O2S. The van der Waals surface area contributed by atoms with E-state index in [9.17, 15) is 8.42 Å². The molecule has 2 rings (SSSR count). The SMILES string of the molecule is CCc1ccc(C(C)NS(=O)(=O)c2ccccc2N)cc1. The van der Waals surface area contributed by atoms with E-state index in [0.717, 1.165) is 12.0 Å². The van der Waals surface area contributed by atoms with Gasteiger partial charge in [-0.15, -0.1) is 0 Å². The number of anilines is 1. The first kappa shape index (κ1) is 15.5. The second-order valence-corrected chi connectivity index (χ2v) is 6.66. The number of aryl methyl sites for hydroxylation is 1. The van der Waals surface area contributed by atoms with E-state index in [1.54, 1.807) is 18.2 Å². The van der Waals surface area contributed by atoms with Gasteiger partial charge in [-0.1, -0.05) is 43.3 Å². The highest BCUT2D eigenvalue weighted by Crippen LogP contribution is 2.21. The first-order valence-electron chi connectivity index (χ1n) is 6.89. The van der Waals surface area contributed by atoms with Gasteiger partial charge in [0.2, 0.25) is 10.0 Å². The Morgan fingerprint density at radius 1 is 1.10 bits per heavy atom. The molecule has 2 aromatic carbocycles. The molecule has 0 heterocycles. The molecule has 0 aliphatic heterocycles. The van der Waals surface area contributed by atoms with E-state index in [2.05, 4.69) is 11.6 Å². The summed E-state index contributed by atoms with van der Waals surface area (Å²) >= 11 is 0. The van der Waals surface area contributed by atoms with Gasteiger partial charge in [-0.25, -0.2) is 13.1 Å². The zero-order valence-electron chi connectivity index (χ0n) is 12.2. The second kappa shape index (κ2) is 6.28. The molecule has 4 nitrogen and oxygen atoms in total. The van der Waals surface area contributed by atoms with Crippen LogP contribution in [0.15, 0.2) is 53.4 Å².